The van der Waals surface area contributed by atoms with E-state index in [2.05, 4.69) is 5.32 Å². The molecule has 1 aliphatic carbocycles. The average molecular weight is 686 g/mol. The normalized spacial score (nSPS) is 46.4. The van der Waals surface area contributed by atoms with Crippen molar-refractivity contribution in [2.45, 2.75) is 147 Å². The van der Waals surface area contributed by atoms with Crippen molar-refractivity contribution in [1.29, 1.82) is 0 Å². The fourth-order valence-corrected chi connectivity index (χ4v) is 8.36. The van der Waals surface area contributed by atoms with Gasteiger partial charge < -0.3 is 54.1 Å². The first kappa shape index (κ1) is 39.4. The molecule has 0 aromatic carbocycles. The molecule has 3 saturated heterocycles. The van der Waals surface area contributed by atoms with Crippen LogP contribution in [0.15, 0.2) is 0 Å². The predicted octanol–water partition coefficient (Wildman–Crippen LogP) is 1.50. The van der Waals surface area contributed by atoms with E-state index in [-0.39, 0.29) is 55.2 Å². The molecule has 4 N–H and O–H groups in total. The number of amides is 2. The lowest BCUT2D eigenvalue weighted by molar-refractivity contribution is -0.318. The highest BCUT2D eigenvalue weighted by Crippen LogP contribution is 2.48. The number of rotatable bonds is 6. The summed E-state index contributed by atoms with van der Waals surface area (Å²) >= 11 is 0. The van der Waals surface area contributed by atoms with Gasteiger partial charge in [-0.1, -0.05) is 20.8 Å². The highest BCUT2D eigenvalue weighted by atomic mass is 16.7. The summed E-state index contributed by atoms with van der Waals surface area (Å²) in [4.78, 5) is 30.7. The molecule has 3 heterocycles. The molecule has 0 unspecified atom stereocenters. The third-order valence-corrected chi connectivity index (χ3v) is 11.4. The molecule has 278 valence electrons. The van der Waals surface area contributed by atoms with E-state index in [0.29, 0.717) is 25.8 Å². The van der Waals surface area contributed by atoms with Crippen molar-refractivity contribution in [2.24, 2.45) is 23.2 Å². The number of likely N-dealkylation sites (N-methyl/N-ethyl adjacent to an activating group) is 1. The molecule has 3 aliphatic heterocycles. The molecule has 1 saturated carbocycles. The molecule has 13 nitrogen and oxygen atoms in total. The Kier molecular flexibility index (Phi) is 12.3. The minimum Gasteiger partial charge on any atom is -0.387 e. The lowest BCUT2D eigenvalue weighted by atomic mass is 9.77. The van der Waals surface area contributed by atoms with Crippen molar-refractivity contribution in [2.75, 3.05) is 41.3 Å². The van der Waals surface area contributed by atoms with E-state index in [9.17, 15) is 24.9 Å². The minimum absolute atomic E-state index is 0.164. The molecule has 14 atom stereocenters. The van der Waals surface area contributed by atoms with Crippen molar-refractivity contribution >= 4 is 11.8 Å². The Morgan fingerprint density at radius 3 is 2.23 bits per heavy atom. The quantitative estimate of drug-likeness (QED) is 0.300. The third-order valence-electron chi connectivity index (χ3n) is 11.4. The van der Waals surface area contributed by atoms with Crippen LogP contribution in [0, 0.1) is 23.2 Å². The summed E-state index contributed by atoms with van der Waals surface area (Å²) < 4.78 is 31.6. The van der Waals surface area contributed by atoms with Crippen molar-refractivity contribution < 1.29 is 48.6 Å². The van der Waals surface area contributed by atoms with Crippen LogP contribution in [-0.2, 0) is 33.3 Å². The summed E-state index contributed by atoms with van der Waals surface area (Å²) in [5.74, 6) is -1.51. The summed E-state index contributed by atoms with van der Waals surface area (Å²) in [6, 6.07) is -0.220. The van der Waals surface area contributed by atoms with Gasteiger partial charge in [-0.05, 0) is 73.4 Å². The Bertz CT molecular complexity index is 1120. The number of nitrogens with zero attached hydrogens (tertiary/aromatic N) is 2. The number of hydrogen-bond donors (Lipinski definition) is 4. The Balaban J connectivity index is 1.73. The zero-order valence-electron chi connectivity index (χ0n) is 31.0. The van der Waals surface area contributed by atoms with Crippen LogP contribution in [0.25, 0.3) is 0 Å². The van der Waals surface area contributed by atoms with Crippen LogP contribution in [0.2, 0.25) is 0 Å². The maximum Gasteiger partial charge on any atom is 0.238 e. The molecule has 1 spiro atoms. The summed E-state index contributed by atoms with van der Waals surface area (Å²) in [7, 11) is 7.07. The molecule has 48 heavy (non-hydrogen) atoms. The number of aliphatic hydroxyl groups excluding tert-OH is 2. The van der Waals surface area contributed by atoms with Gasteiger partial charge in [0.05, 0.1) is 35.6 Å². The Morgan fingerprint density at radius 1 is 1.00 bits per heavy atom. The molecule has 0 aromatic rings. The van der Waals surface area contributed by atoms with Crippen LogP contribution in [0.4, 0.5) is 0 Å². The van der Waals surface area contributed by atoms with Crippen LogP contribution in [0.3, 0.4) is 0 Å². The number of carbonyl (C=O) groups excluding carboxylic acids is 2. The van der Waals surface area contributed by atoms with Crippen LogP contribution < -0.4 is 5.32 Å². The third kappa shape index (κ3) is 8.21. The number of aliphatic hydroxyl groups is 3. The number of methoxy groups -OCH3 is 1. The average Bonchev–Trinajstić information content (AvgIpc) is 3.81. The first-order valence-electron chi connectivity index (χ1n) is 17.7. The summed E-state index contributed by atoms with van der Waals surface area (Å²) in [6.07, 6.45) is -3.88. The monoisotopic (exact) mass is 685 g/mol. The maximum atomic E-state index is 13.6. The molecule has 4 aliphatic rings. The molecule has 0 aromatic heterocycles. The SMILES string of the molecule is CO[C@]1(C)C[C@H](O[C@H]2[C@H](C)[C@@H](O[C@@H]3O[C@H](C)C[C@H](N(C)C)[C@H]3O)[C@](C)(O)C[C@@H](C)CN(C)C(=O)C3(CC3)C(=O)NC[C@@H]2C)O[C@@H](C)[C@@H]1O. The summed E-state index contributed by atoms with van der Waals surface area (Å²) in [6.45, 7) is 13.6. The molecule has 4 fully saturated rings. The largest absolute Gasteiger partial charge is 0.387 e. The number of carbonyl (C=O) groups is 2. The zero-order chi connectivity index (χ0) is 35.9. The molecular formula is C35H63N3O10. The zero-order valence-corrected chi connectivity index (χ0v) is 31.0. The van der Waals surface area contributed by atoms with Crippen molar-refractivity contribution in [3.8, 4) is 0 Å². The van der Waals surface area contributed by atoms with E-state index in [4.69, 9.17) is 23.7 Å². The van der Waals surface area contributed by atoms with Gasteiger partial charge in [0, 0.05) is 51.5 Å². The second-order valence-corrected chi connectivity index (χ2v) is 16.1. The number of hydrogen-bond acceptors (Lipinski definition) is 11. The van der Waals surface area contributed by atoms with Crippen LogP contribution >= 0.6 is 0 Å². The molecule has 0 radical (unpaired) electrons. The fourth-order valence-electron chi connectivity index (χ4n) is 8.36. The highest BCUT2D eigenvalue weighted by Gasteiger charge is 2.58. The first-order chi connectivity index (χ1) is 22.3. The van der Waals surface area contributed by atoms with Gasteiger partial charge in [0.1, 0.15) is 17.6 Å². The van der Waals surface area contributed by atoms with E-state index < -0.39 is 65.6 Å². The fraction of sp³-hybridized carbons (Fsp3) is 0.943. The van der Waals surface area contributed by atoms with Crippen molar-refractivity contribution in [3.63, 3.8) is 0 Å². The smallest absolute Gasteiger partial charge is 0.238 e. The predicted molar refractivity (Wildman–Crippen MR) is 178 cm³/mol. The van der Waals surface area contributed by atoms with Crippen LogP contribution in [-0.4, -0.2) is 145 Å². The van der Waals surface area contributed by atoms with Crippen molar-refractivity contribution in [1.82, 2.24) is 15.1 Å². The van der Waals surface area contributed by atoms with Gasteiger partial charge in [0.15, 0.2) is 12.6 Å². The van der Waals surface area contributed by atoms with Crippen LogP contribution in [0.1, 0.15) is 80.6 Å². The lowest BCUT2D eigenvalue weighted by Gasteiger charge is -2.49. The highest BCUT2D eigenvalue weighted by molar-refractivity contribution is 6.07. The second-order valence-electron chi connectivity index (χ2n) is 16.1. The van der Waals surface area contributed by atoms with Crippen LogP contribution in [0.5, 0.6) is 0 Å². The maximum absolute atomic E-state index is 13.6. The second kappa shape index (κ2) is 15.1. The van der Waals surface area contributed by atoms with Gasteiger partial charge in [-0.25, -0.2) is 0 Å². The summed E-state index contributed by atoms with van der Waals surface area (Å²) in [5, 5.41) is 37.7. The Morgan fingerprint density at radius 2 is 1.65 bits per heavy atom. The van der Waals surface area contributed by atoms with E-state index in [0.717, 1.165) is 0 Å². The van der Waals surface area contributed by atoms with E-state index >= 15 is 0 Å². The van der Waals surface area contributed by atoms with Gasteiger partial charge in [0.2, 0.25) is 11.8 Å². The molecule has 13 heteroatoms. The topological polar surface area (TPSA) is 159 Å². The summed E-state index contributed by atoms with van der Waals surface area (Å²) in [5.41, 5.74) is -3.45. The standard InChI is InChI=1S/C35H63N3O10/c1-19-15-33(6,43)29(48-30-26(39)24(37(8)9)14-21(3)45-30)22(4)27(47-25-16-34(7,44-11)28(40)23(5)46-25)20(2)17-36-31(41)35(12-13-35)32(42)38(10)18-19/h19-30,39-40,43H,12-18H2,1-11H3,(H,36,41)/t19-,20+,21-,22+,23+,24+,25+,26-,27-,28+,29-,30+,33-,34-/m1/s1. The molecule has 0 bridgehead atoms. The van der Waals surface area contributed by atoms with Gasteiger partial charge in [-0.15, -0.1) is 0 Å². The molecule has 4 rings (SSSR count). The van der Waals surface area contributed by atoms with E-state index in [1.54, 1.807) is 32.9 Å². The van der Waals surface area contributed by atoms with Gasteiger partial charge in [-0.2, -0.15) is 0 Å². The van der Waals surface area contributed by atoms with Gasteiger partial charge >= 0.3 is 0 Å². The van der Waals surface area contributed by atoms with E-state index in [1.807, 2.05) is 53.6 Å². The van der Waals surface area contributed by atoms with E-state index in [1.165, 1.54) is 0 Å². The first-order valence-corrected chi connectivity index (χ1v) is 17.7. The number of ether oxygens (including phenoxy) is 5. The lowest BCUT2D eigenvalue weighted by Crippen LogP contribution is -2.60. The molecule has 2 amide bonds. The Hall–Kier alpha value is -1.42. The minimum atomic E-state index is -1.45. The number of nitrogens with one attached hydrogen (secondary N) is 1. The molecular weight excluding hydrogens is 622 g/mol. The van der Waals surface area contributed by atoms with Crippen molar-refractivity contribution in [3.05, 3.63) is 0 Å². The van der Waals surface area contributed by atoms with Gasteiger partial charge in [0.25, 0.3) is 0 Å². The Labute approximate surface area is 286 Å². The van der Waals surface area contributed by atoms with Gasteiger partial charge in [-0.3, -0.25) is 9.59 Å².